The van der Waals surface area contributed by atoms with Crippen LogP contribution in [0.25, 0.3) is 0 Å². The van der Waals surface area contributed by atoms with E-state index in [1.54, 1.807) is 12.1 Å². The van der Waals surface area contributed by atoms with Crippen LogP contribution < -0.4 is 15.0 Å². The lowest BCUT2D eigenvalue weighted by atomic mass is 10.2. The minimum absolute atomic E-state index is 0.0333. The topological polar surface area (TPSA) is 42.8 Å². The number of carbonyl (C=O) groups is 1. The van der Waals surface area contributed by atoms with Gasteiger partial charge in [0.1, 0.15) is 12.3 Å². The molecule has 1 amide bonds. The van der Waals surface area contributed by atoms with Gasteiger partial charge in [0.05, 0.1) is 7.05 Å². The minimum atomic E-state index is -2.82. The number of carbonyl (C=O) groups excluding carboxylic acids is 1. The Morgan fingerprint density at radius 1 is 1.08 bits per heavy atom. The van der Waals surface area contributed by atoms with Gasteiger partial charge in [0.15, 0.2) is 6.54 Å². The van der Waals surface area contributed by atoms with Gasteiger partial charge in [-0.05, 0) is 29.8 Å². The van der Waals surface area contributed by atoms with Crippen molar-refractivity contribution in [3.8, 4) is 5.75 Å². The van der Waals surface area contributed by atoms with Crippen molar-refractivity contribution in [2.45, 2.75) is 19.7 Å². The second-order valence-corrected chi connectivity index (χ2v) is 5.60. The molecule has 24 heavy (non-hydrogen) atoms. The molecule has 128 valence electrons. The van der Waals surface area contributed by atoms with E-state index >= 15 is 0 Å². The van der Waals surface area contributed by atoms with Gasteiger partial charge in [-0.3, -0.25) is 4.79 Å². The average Bonchev–Trinajstić information content (AvgIpc) is 2.55. The molecule has 0 saturated carbocycles. The van der Waals surface area contributed by atoms with Gasteiger partial charge in [-0.2, -0.15) is 8.78 Å². The van der Waals surface area contributed by atoms with E-state index in [-0.39, 0.29) is 11.7 Å². The second-order valence-electron chi connectivity index (χ2n) is 5.60. The van der Waals surface area contributed by atoms with E-state index in [9.17, 15) is 13.6 Å². The lowest BCUT2D eigenvalue weighted by molar-refractivity contribution is -0.885. The molecule has 2 N–H and O–H groups in total. The highest BCUT2D eigenvalue weighted by Crippen LogP contribution is 2.14. The average molecular weight is 335 g/mol. The maximum Gasteiger partial charge on any atom is 0.387 e. The smallest absolute Gasteiger partial charge is 0.387 e. The lowest BCUT2D eigenvalue weighted by Gasteiger charge is -2.14. The molecule has 2 aromatic rings. The molecule has 0 saturated heterocycles. The number of hydrogen-bond donors (Lipinski definition) is 2. The van der Waals surface area contributed by atoms with Crippen molar-refractivity contribution in [2.75, 3.05) is 13.6 Å². The summed E-state index contributed by atoms with van der Waals surface area (Å²) in [6.45, 7) is -1.36. The normalized spacial score (nSPS) is 12.0. The van der Waals surface area contributed by atoms with Crippen LogP contribution in [0, 0.1) is 0 Å². The highest BCUT2D eigenvalue weighted by Gasteiger charge is 2.11. The van der Waals surface area contributed by atoms with Crippen LogP contribution >= 0.6 is 0 Å². The van der Waals surface area contributed by atoms with Crippen LogP contribution in [-0.2, 0) is 17.9 Å². The van der Waals surface area contributed by atoms with Gasteiger partial charge in [-0.25, -0.2) is 0 Å². The summed E-state index contributed by atoms with van der Waals surface area (Å²) in [5, 5.41) is 2.88. The zero-order chi connectivity index (χ0) is 17.4. The molecule has 0 heterocycles. The predicted molar refractivity (Wildman–Crippen MR) is 86.8 cm³/mol. The van der Waals surface area contributed by atoms with Gasteiger partial charge < -0.3 is 15.0 Å². The highest BCUT2D eigenvalue weighted by atomic mass is 19.3. The standard InChI is InChI=1S/C18H20F2N2O2/c1-22(12-15-7-9-16(10-8-15)24-18(19)20)13-17(23)21-11-14-5-3-2-4-6-14/h2-10,18H,11-13H2,1H3,(H,21,23)/p+1. The number of benzene rings is 2. The molecular weight excluding hydrogens is 314 g/mol. The molecule has 1 unspecified atom stereocenters. The number of amides is 1. The quantitative estimate of drug-likeness (QED) is 0.770. The number of nitrogens with one attached hydrogen (secondary N) is 2. The summed E-state index contributed by atoms with van der Waals surface area (Å²) in [7, 11) is 1.91. The summed E-state index contributed by atoms with van der Waals surface area (Å²) < 4.78 is 28.5. The third-order valence-electron chi connectivity index (χ3n) is 3.45. The first-order valence-corrected chi connectivity index (χ1v) is 7.68. The van der Waals surface area contributed by atoms with E-state index in [1.165, 1.54) is 12.1 Å². The Hall–Kier alpha value is -2.47. The van der Waals surface area contributed by atoms with E-state index in [0.29, 0.717) is 19.6 Å². The number of ether oxygens (including phenoxy) is 1. The number of halogens is 2. The van der Waals surface area contributed by atoms with Crippen LogP contribution in [0.1, 0.15) is 11.1 Å². The Balaban J connectivity index is 1.75. The molecule has 0 radical (unpaired) electrons. The summed E-state index contributed by atoms with van der Waals surface area (Å²) in [5.41, 5.74) is 2.00. The molecular formula is C18H21F2N2O2+. The van der Waals surface area contributed by atoms with Crippen molar-refractivity contribution in [1.29, 1.82) is 0 Å². The summed E-state index contributed by atoms with van der Waals surface area (Å²) in [6, 6.07) is 16.2. The summed E-state index contributed by atoms with van der Waals surface area (Å²) in [4.78, 5) is 13.0. The monoisotopic (exact) mass is 335 g/mol. The van der Waals surface area contributed by atoms with Crippen molar-refractivity contribution in [1.82, 2.24) is 5.32 Å². The van der Waals surface area contributed by atoms with Crippen molar-refractivity contribution in [2.24, 2.45) is 0 Å². The molecule has 0 aliphatic carbocycles. The molecule has 0 bridgehead atoms. The Morgan fingerprint density at radius 3 is 2.38 bits per heavy atom. The molecule has 0 aromatic heterocycles. The molecule has 2 aromatic carbocycles. The van der Waals surface area contributed by atoms with E-state index in [1.807, 2.05) is 37.4 Å². The van der Waals surface area contributed by atoms with Gasteiger partial charge in [-0.15, -0.1) is 0 Å². The Labute approximate surface area is 140 Å². The molecule has 6 heteroatoms. The lowest BCUT2D eigenvalue weighted by Crippen LogP contribution is -3.08. The fourth-order valence-electron chi connectivity index (χ4n) is 2.33. The molecule has 0 spiro atoms. The maximum atomic E-state index is 12.1. The van der Waals surface area contributed by atoms with Crippen LogP contribution in [0.4, 0.5) is 8.78 Å². The van der Waals surface area contributed by atoms with Crippen molar-refractivity contribution in [3.05, 3.63) is 65.7 Å². The van der Waals surface area contributed by atoms with Crippen LogP contribution in [0.5, 0.6) is 5.75 Å². The highest BCUT2D eigenvalue weighted by molar-refractivity contribution is 5.76. The van der Waals surface area contributed by atoms with Gasteiger partial charge >= 0.3 is 6.61 Å². The summed E-state index contributed by atoms with van der Waals surface area (Å²) in [5.74, 6) is 0.0982. The number of hydrogen-bond acceptors (Lipinski definition) is 2. The number of alkyl halides is 2. The van der Waals surface area contributed by atoms with Gasteiger partial charge in [-0.1, -0.05) is 30.3 Å². The fourth-order valence-corrected chi connectivity index (χ4v) is 2.33. The molecule has 2 rings (SSSR count). The summed E-state index contributed by atoms with van der Waals surface area (Å²) >= 11 is 0. The SMILES string of the molecule is C[NH+](CC(=O)NCc1ccccc1)Cc1ccc(OC(F)F)cc1. The number of rotatable bonds is 8. The van der Waals surface area contributed by atoms with Crippen LogP contribution in [0.15, 0.2) is 54.6 Å². The maximum absolute atomic E-state index is 12.1. The van der Waals surface area contributed by atoms with Gasteiger partial charge in [0.2, 0.25) is 0 Å². The molecule has 0 aliphatic rings. The van der Waals surface area contributed by atoms with Crippen LogP contribution in [0.3, 0.4) is 0 Å². The van der Waals surface area contributed by atoms with Crippen molar-refractivity contribution >= 4 is 5.91 Å². The first-order valence-electron chi connectivity index (χ1n) is 7.68. The first kappa shape index (κ1) is 17.9. The number of quaternary nitrogens is 1. The van der Waals surface area contributed by atoms with Gasteiger partial charge in [0, 0.05) is 12.1 Å². The van der Waals surface area contributed by atoms with Crippen molar-refractivity contribution in [3.63, 3.8) is 0 Å². The molecule has 1 atom stereocenters. The Kier molecular flexibility index (Phi) is 6.69. The largest absolute Gasteiger partial charge is 0.435 e. The minimum Gasteiger partial charge on any atom is -0.435 e. The Bertz CT molecular complexity index is 633. The van der Waals surface area contributed by atoms with E-state index in [2.05, 4.69) is 10.1 Å². The number of likely N-dealkylation sites (N-methyl/N-ethyl adjacent to an activating group) is 1. The first-order chi connectivity index (χ1) is 11.5. The van der Waals surface area contributed by atoms with E-state index in [0.717, 1.165) is 16.0 Å². The van der Waals surface area contributed by atoms with Crippen molar-refractivity contribution < 1.29 is 23.2 Å². The third kappa shape index (κ3) is 6.34. The zero-order valence-electron chi connectivity index (χ0n) is 13.5. The fraction of sp³-hybridized carbons (Fsp3) is 0.278. The third-order valence-corrected chi connectivity index (χ3v) is 3.45. The molecule has 0 aliphatic heterocycles. The summed E-state index contributed by atoms with van der Waals surface area (Å²) in [6.07, 6.45) is 0. The van der Waals surface area contributed by atoms with E-state index < -0.39 is 6.61 Å². The van der Waals surface area contributed by atoms with Crippen LogP contribution in [-0.4, -0.2) is 26.1 Å². The predicted octanol–water partition coefficient (Wildman–Crippen LogP) is 1.62. The second kappa shape index (κ2) is 8.98. The molecule has 0 fully saturated rings. The van der Waals surface area contributed by atoms with Gasteiger partial charge in [0.25, 0.3) is 5.91 Å². The zero-order valence-corrected chi connectivity index (χ0v) is 13.5. The van der Waals surface area contributed by atoms with Crippen LogP contribution in [0.2, 0.25) is 0 Å². The Morgan fingerprint density at radius 2 is 1.75 bits per heavy atom. The van der Waals surface area contributed by atoms with E-state index in [4.69, 9.17) is 0 Å². The molecule has 4 nitrogen and oxygen atoms in total.